The number of rotatable bonds is 8. The summed E-state index contributed by atoms with van der Waals surface area (Å²) in [4.78, 5) is 0. The Hall–Kier alpha value is -5.34. The second-order valence-electron chi connectivity index (χ2n) is 16.8. The Morgan fingerprint density at radius 1 is 0.470 bits per heavy atom. The van der Waals surface area contributed by atoms with E-state index in [1.165, 1.54) is 123 Å². The zero-order valence-corrected chi connectivity index (χ0v) is 43.1. The molecule has 0 aliphatic carbocycles. The summed E-state index contributed by atoms with van der Waals surface area (Å²) >= 11 is -0.826. The summed E-state index contributed by atoms with van der Waals surface area (Å²) in [5, 5.41) is 8.29. The van der Waals surface area contributed by atoms with E-state index in [-0.39, 0.29) is 0 Å². The predicted octanol–water partition coefficient (Wildman–Crippen LogP) is 16.8. The van der Waals surface area contributed by atoms with Gasteiger partial charge in [0.25, 0.3) is 0 Å². The summed E-state index contributed by atoms with van der Waals surface area (Å²) in [5.74, 6) is 0. The van der Waals surface area contributed by atoms with E-state index in [0.29, 0.717) is 0 Å². The number of benzene rings is 8. The fourth-order valence-electron chi connectivity index (χ4n) is 9.35. The zero-order chi connectivity index (χ0) is 45.8. The van der Waals surface area contributed by atoms with Gasteiger partial charge in [-0.2, -0.15) is 41.6 Å². The second kappa shape index (κ2) is 22.9. The molecule has 1 heterocycles. The van der Waals surface area contributed by atoms with Crippen LogP contribution in [-0.4, -0.2) is 9.52 Å². The largest absolute Gasteiger partial charge is 0.184 e. The zero-order valence-electron chi connectivity index (χ0n) is 38.1. The Morgan fingerprint density at radius 3 is 1.35 bits per heavy atom. The van der Waals surface area contributed by atoms with Crippen molar-refractivity contribution in [1.82, 2.24) is 0 Å². The number of hydrogen-bond donors (Lipinski definition) is 0. The van der Waals surface area contributed by atoms with Crippen molar-refractivity contribution >= 4 is 58.5 Å². The molecule has 10 aromatic carbocycles. The van der Waals surface area contributed by atoms with E-state index in [9.17, 15) is 0 Å². The third kappa shape index (κ3) is 10.8. The molecule has 4 heteroatoms. The fraction of sp³-hybridized carbons (Fsp3) is 0.129. The smallest absolute Gasteiger partial charge is 0.0920 e. The van der Waals surface area contributed by atoms with Crippen LogP contribution in [0.15, 0.2) is 200 Å². The van der Waals surface area contributed by atoms with Crippen molar-refractivity contribution in [2.24, 2.45) is 0 Å². The summed E-state index contributed by atoms with van der Waals surface area (Å²) in [6.07, 6.45) is 4.66. The summed E-state index contributed by atoms with van der Waals surface area (Å²) < 4.78 is 0. The van der Waals surface area contributed by atoms with Crippen molar-refractivity contribution < 1.29 is 20.8 Å². The Balaban J connectivity index is 0.000000136. The monoisotopic (exact) mass is 985 g/mol. The van der Waals surface area contributed by atoms with Gasteiger partial charge in [-0.15, -0.1) is 74.6 Å². The van der Waals surface area contributed by atoms with Crippen LogP contribution in [0, 0.1) is 19.9 Å². The van der Waals surface area contributed by atoms with Gasteiger partial charge in [0.05, 0.1) is 9.52 Å². The van der Waals surface area contributed by atoms with Crippen LogP contribution in [0.1, 0.15) is 48.9 Å². The topological polar surface area (TPSA) is 0 Å². The maximum absolute atomic E-state index is 4.93. The molecule has 10 aromatic rings. The molecule has 0 bridgehead atoms. The Labute approximate surface area is 413 Å². The standard InChI is InChI=1S/2C25H23.C12H7Si.2ClH.Zr/c2*1-3-9-19-16-21-15-14-18(2)25(24(21)17-19)23-13-8-7-12-22(23)20-10-5-4-6-11-20;1-3-7-11-9(5-1)10-6-2-4-8-12(10)13-11;;;/h2*4-8,10-17H,3,9H2,1-2H3;1-7H;2*1H;/q3*-1;;;+2/p-2. The first-order valence-electron chi connectivity index (χ1n) is 22.9. The third-order valence-electron chi connectivity index (χ3n) is 12.3. The number of fused-ring (bicyclic) bond motifs is 5. The van der Waals surface area contributed by atoms with Crippen LogP contribution in [0.5, 0.6) is 0 Å². The molecule has 2 radical (unpaired) electrons. The molecule has 0 nitrogen and oxygen atoms in total. The van der Waals surface area contributed by atoms with Crippen LogP contribution >= 0.6 is 17.0 Å². The van der Waals surface area contributed by atoms with Crippen LogP contribution in [0.25, 0.3) is 77.2 Å². The summed E-state index contributed by atoms with van der Waals surface area (Å²) in [6, 6.07) is 75.6. The molecule has 326 valence electrons. The molecule has 0 N–H and O–H groups in total. The minimum absolute atomic E-state index is 0.795. The third-order valence-corrected chi connectivity index (χ3v) is 13.7. The van der Waals surface area contributed by atoms with Crippen molar-refractivity contribution in [2.75, 3.05) is 0 Å². The minimum Gasteiger partial charge on any atom is -0.184 e. The first-order chi connectivity index (χ1) is 32.4. The Bertz CT molecular complexity index is 2950. The molecular weight excluding hydrogens is 935 g/mol. The Morgan fingerprint density at radius 2 is 0.879 bits per heavy atom. The molecular formula is C62H53Cl2SiZr-3. The molecule has 0 saturated heterocycles. The molecule has 66 heavy (non-hydrogen) atoms. The average Bonchev–Trinajstić information content (AvgIpc) is 4.08. The van der Waals surface area contributed by atoms with E-state index in [2.05, 4.69) is 228 Å². The van der Waals surface area contributed by atoms with Gasteiger partial charge in [-0.25, -0.2) is 0 Å². The van der Waals surface area contributed by atoms with E-state index in [4.69, 9.17) is 17.0 Å². The molecule has 0 unspecified atom stereocenters. The SMILES string of the molecule is CCCc1cc2c(-c3ccccc3-c3ccccc3)c(C)ccc2[cH-]1.CCCc1cc2c(-c3ccccc3-c3ccccc3)c(C)ccc2[cH-]1.[Cl][Zr][Cl].[c-]1cccc2c1[Si]c1ccccc1-2. The maximum Gasteiger partial charge on any atom is 0.0920 e. The molecule has 0 atom stereocenters. The van der Waals surface area contributed by atoms with Crippen LogP contribution < -0.4 is 10.4 Å². The molecule has 0 amide bonds. The van der Waals surface area contributed by atoms with Crippen LogP contribution in [0.2, 0.25) is 0 Å². The summed E-state index contributed by atoms with van der Waals surface area (Å²) in [7, 11) is 10.7. The number of hydrogen-bond acceptors (Lipinski definition) is 0. The van der Waals surface area contributed by atoms with Crippen molar-refractivity contribution in [3.05, 3.63) is 229 Å². The quantitative estimate of drug-likeness (QED) is 0.105. The molecule has 0 saturated carbocycles. The van der Waals surface area contributed by atoms with Gasteiger partial charge in [-0.3, -0.25) is 0 Å². The molecule has 0 aromatic heterocycles. The van der Waals surface area contributed by atoms with Gasteiger partial charge in [0.15, 0.2) is 0 Å². The van der Waals surface area contributed by atoms with Gasteiger partial charge < -0.3 is 0 Å². The van der Waals surface area contributed by atoms with Crippen molar-refractivity contribution in [3.8, 4) is 55.6 Å². The van der Waals surface area contributed by atoms with Gasteiger partial charge in [-0.1, -0.05) is 193 Å². The molecule has 0 spiro atoms. The number of halogens is 2. The van der Waals surface area contributed by atoms with E-state index in [0.717, 1.165) is 22.4 Å². The summed E-state index contributed by atoms with van der Waals surface area (Å²) in [6.45, 7) is 8.94. The number of aryl methyl sites for hydroxylation is 4. The fourth-order valence-corrected chi connectivity index (χ4v) is 10.7. The van der Waals surface area contributed by atoms with Gasteiger partial charge >= 0.3 is 37.9 Å². The molecule has 1 aliphatic rings. The Kier molecular flexibility index (Phi) is 16.4. The first-order valence-corrected chi connectivity index (χ1v) is 30.3. The van der Waals surface area contributed by atoms with Crippen LogP contribution in [-0.2, 0) is 33.7 Å². The van der Waals surface area contributed by atoms with E-state index in [1.54, 1.807) is 0 Å². The van der Waals surface area contributed by atoms with Crippen LogP contribution in [0.4, 0.5) is 0 Å². The maximum atomic E-state index is 4.93. The molecule has 0 fully saturated rings. The first kappa shape index (κ1) is 47.2. The van der Waals surface area contributed by atoms with Gasteiger partial charge in [0, 0.05) is 0 Å². The summed E-state index contributed by atoms with van der Waals surface area (Å²) in [5.41, 5.74) is 18.9. The van der Waals surface area contributed by atoms with Gasteiger partial charge in [0.1, 0.15) is 0 Å². The van der Waals surface area contributed by atoms with Crippen molar-refractivity contribution in [1.29, 1.82) is 0 Å². The second-order valence-corrected chi connectivity index (χ2v) is 21.8. The average molecular weight is 988 g/mol. The van der Waals surface area contributed by atoms with E-state index >= 15 is 0 Å². The van der Waals surface area contributed by atoms with E-state index in [1.807, 2.05) is 6.07 Å². The van der Waals surface area contributed by atoms with Crippen molar-refractivity contribution in [3.63, 3.8) is 0 Å². The van der Waals surface area contributed by atoms with Crippen molar-refractivity contribution in [2.45, 2.75) is 53.4 Å². The van der Waals surface area contributed by atoms with Gasteiger partial charge in [-0.05, 0) is 60.1 Å². The van der Waals surface area contributed by atoms with Crippen LogP contribution in [0.3, 0.4) is 0 Å². The minimum atomic E-state index is -0.826. The predicted molar refractivity (Wildman–Crippen MR) is 286 cm³/mol. The molecule has 1 aliphatic heterocycles. The van der Waals surface area contributed by atoms with E-state index < -0.39 is 20.8 Å². The molecule has 11 rings (SSSR count). The normalized spacial score (nSPS) is 11.1. The van der Waals surface area contributed by atoms with Gasteiger partial charge in [0.2, 0.25) is 0 Å².